The first-order valence-electron chi connectivity index (χ1n) is 7.07. The van der Waals surface area contributed by atoms with E-state index in [1.54, 1.807) is 6.26 Å². The molecule has 1 atom stereocenters. The molecular weight excluding hydrogens is 318 g/mol. The highest BCUT2D eigenvalue weighted by atomic mass is 79.9. The minimum absolute atomic E-state index is 0.233. The molecule has 2 aromatic rings. The number of hydrogen-bond donors (Lipinski definition) is 1. The number of aryl methyl sites for hydroxylation is 3. The molecule has 4 nitrogen and oxygen atoms in total. The lowest BCUT2D eigenvalue weighted by atomic mass is 10.0. The number of likely N-dealkylation sites (N-methyl/N-ethyl adjacent to an activating group) is 1. The van der Waals surface area contributed by atoms with E-state index in [0.29, 0.717) is 0 Å². The number of hydrogen-bond acceptors (Lipinski definition) is 3. The maximum Gasteiger partial charge on any atom is 0.105 e. The highest BCUT2D eigenvalue weighted by molar-refractivity contribution is 9.10. The van der Waals surface area contributed by atoms with Gasteiger partial charge in [0.25, 0.3) is 0 Å². The minimum atomic E-state index is 0.233. The summed E-state index contributed by atoms with van der Waals surface area (Å²) in [6.07, 6.45) is 3.58. The number of furan rings is 1. The van der Waals surface area contributed by atoms with Crippen molar-refractivity contribution in [2.45, 2.75) is 46.2 Å². The molecule has 0 aliphatic rings. The van der Waals surface area contributed by atoms with Gasteiger partial charge in [-0.15, -0.1) is 0 Å². The van der Waals surface area contributed by atoms with Crippen LogP contribution >= 0.6 is 15.9 Å². The van der Waals surface area contributed by atoms with E-state index in [0.717, 1.165) is 35.3 Å². The fourth-order valence-corrected chi connectivity index (χ4v) is 3.26. The van der Waals surface area contributed by atoms with Gasteiger partial charge in [0.1, 0.15) is 5.76 Å². The van der Waals surface area contributed by atoms with Gasteiger partial charge in [-0.25, -0.2) is 0 Å². The average molecular weight is 340 g/mol. The van der Waals surface area contributed by atoms with Crippen LogP contribution in [0.3, 0.4) is 0 Å². The lowest BCUT2D eigenvalue weighted by Gasteiger charge is -2.16. The van der Waals surface area contributed by atoms with Crippen LogP contribution in [0.25, 0.3) is 0 Å². The third kappa shape index (κ3) is 2.83. The molecule has 1 N–H and O–H groups in total. The Morgan fingerprint density at radius 3 is 2.70 bits per heavy atom. The second-order valence-electron chi connectivity index (χ2n) is 4.85. The largest absolute Gasteiger partial charge is 0.469 e. The van der Waals surface area contributed by atoms with Crippen molar-refractivity contribution in [3.05, 3.63) is 39.5 Å². The summed E-state index contributed by atoms with van der Waals surface area (Å²) in [5.41, 5.74) is 3.58. The second-order valence-corrected chi connectivity index (χ2v) is 5.65. The zero-order valence-electron chi connectivity index (χ0n) is 12.5. The highest BCUT2D eigenvalue weighted by Gasteiger charge is 2.20. The maximum atomic E-state index is 5.42. The van der Waals surface area contributed by atoms with Crippen molar-refractivity contribution in [3.63, 3.8) is 0 Å². The smallest absolute Gasteiger partial charge is 0.105 e. The molecule has 0 aliphatic heterocycles. The summed E-state index contributed by atoms with van der Waals surface area (Å²) >= 11 is 3.71. The van der Waals surface area contributed by atoms with E-state index in [1.165, 1.54) is 11.3 Å². The molecular formula is C15H22BrN3O. The van der Waals surface area contributed by atoms with Gasteiger partial charge in [-0.2, -0.15) is 5.10 Å². The van der Waals surface area contributed by atoms with Crippen LogP contribution in [-0.4, -0.2) is 16.8 Å². The van der Waals surface area contributed by atoms with Gasteiger partial charge in [-0.1, -0.05) is 6.92 Å². The number of nitrogens with one attached hydrogen (secondary N) is 1. The summed E-state index contributed by atoms with van der Waals surface area (Å²) in [4.78, 5) is 0. The molecule has 0 saturated carbocycles. The summed E-state index contributed by atoms with van der Waals surface area (Å²) in [7, 11) is 1.98. The molecule has 0 amide bonds. The first kappa shape index (κ1) is 15.3. The normalized spacial score (nSPS) is 12.8. The molecule has 0 radical (unpaired) electrons. The highest BCUT2D eigenvalue weighted by Crippen LogP contribution is 2.28. The summed E-state index contributed by atoms with van der Waals surface area (Å²) in [5, 5.41) is 8.03. The van der Waals surface area contributed by atoms with Gasteiger partial charge in [-0.05, 0) is 49.3 Å². The van der Waals surface area contributed by atoms with Gasteiger partial charge in [-0.3, -0.25) is 4.68 Å². The number of rotatable bonds is 6. The molecule has 0 aliphatic carbocycles. The molecule has 0 aromatic carbocycles. The molecule has 20 heavy (non-hydrogen) atoms. The lowest BCUT2D eigenvalue weighted by molar-refractivity contribution is 0.502. The number of halogens is 1. The van der Waals surface area contributed by atoms with E-state index in [-0.39, 0.29) is 6.04 Å². The molecule has 2 rings (SSSR count). The molecule has 0 fully saturated rings. The monoisotopic (exact) mass is 339 g/mol. The Bertz CT molecular complexity index is 574. The van der Waals surface area contributed by atoms with Gasteiger partial charge < -0.3 is 9.73 Å². The zero-order valence-corrected chi connectivity index (χ0v) is 14.1. The van der Waals surface area contributed by atoms with E-state index in [2.05, 4.69) is 44.9 Å². The van der Waals surface area contributed by atoms with Crippen LogP contribution in [0.4, 0.5) is 0 Å². The van der Waals surface area contributed by atoms with Gasteiger partial charge in [0.05, 0.1) is 22.1 Å². The fourth-order valence-electron chi connectivity index (χ4n) is 2.53. The van der Waals surface area contributed by atoms with E-state index in [1.807, 2.05) is 20.0 Å². The predicted molar refractivity (Wildman–Crippen MR) is 83.9 cm³/mol. The van der Waals surface area contributed by atoms with Crippen LogP contribution < -0.4 is 5.32 Å². The quantitative estimate of drug-likeness (QED) is 0.873. The van der Waals surface area contributed by atoms with Crippen LogP contribution in [0.1, 0.15) is 42.6 Å². The van der Waals surface area contributed by atoms with E-state index >= 15 is 0 Å². The predicted octanol–water partition coefficient (Wildman–Crippen LogP) is 3.63. The third-order valence-corrected chi connectivity index (χ3v) is 4.63. The van der Waals surface area contributed by atoms with Crippen molar-refractivity contribution in [2.75, 3.05) is 7.05 Å². The molecule has 2 heterocycles. The number of nitrogens with zero attached hydrogens (tertiary/aromatic N) is 2. The molecule has 5 heteroatoms. The van der Waals surface area contributed by atoms with Crippen LogP contribution in [0.15, 0.2) is 21.2 Å². The summed E-state index contributed by atoms with van der Waals surface area (Å²) < 4.78 is 8.65. The molecule has 0 bridgehead atoms. The van der Waals surface area contributed by atoms with Crippen molar-refractivity contribution in [2.24, 2.45) is 0 Å². The maximum absolute atomic E-state index is 5.42. The van der Waals surface area contributed by atoms with Gasteiger partial charge >= 0.3 is 0 Å². The van der Waals surface area contributed by atoms with E-state index in [9.17, 15) is 0 Å². The topological polar surface area (TPSA) is 43.0 Å². The van der Waals surface area contributed by atoms with Crippen molar-refractivity contribution < 1.29 is 4.42 Å². The summed E-state index contributed by atoms with van der Waals surface area (Å²) in [6, 6.07) is 2.27. The summed E-state index contributed by atoms with van der Waals surface area (Å²) in [6.45, 7) is 7.14. The first-order chi connectivity index (χ1) is 9.62. The Balaban J connectivity index is 2.32. The van der Waals surface area contributed by atoms with Crippen molar-refractivity contribution >= 4 is 15.9 Å². The minimum Gasteiger partial charge on any atom is -0.469 e. The van der Waals surface area contributed by atoms with Gasteiger partial charge in [0.2, 0.25) is 0 Å². The number of aromatic nitrogens is 2. The fraction of sp³-hybridized carbons (Fsp3) is 0.533. The molecule has 0 saturated heterocycles. The Hall–Kier alpha value is -1.07. The Kier molecular flexibility index (Phi) is 5.05. The standard InChI is InChI=1S/C15H22BrN3O/c1-5-12-15(16)14(19(6-2)18-12)9-13(17-4)11-7-8-20-10(11)3/h7-8,13,17H,5-6,9H2,1-4H3. The second kappa shape index (κ2) is 6.59. The van der Waals surface area contributed by atoms with Crippen molar-refractivity contribution in [1.29, 1.82) is 0 Å². The SMILES string of the molecule is CCc1nn(CC)c(CC(NC)c2ccoc2C)c1Br. The lowest BCUT2D eigenvalue weighted by Crippen LogP contribution is -2.21. The van der Waals surface area contributed by atoms with E-state index in [4.69, 9.17) is 4.42 Å². The Morgan fingerprint density at radius 2 is 2.20 bits per heavy atom. The Labute approximate surface area is 128 Å². The zero-order chi connectivity index (χ0) is 14.7. The van der Waals surface area contributed by atoms with E-state index < -0.39 is 0 Å². The summed E-state index contributed by atoms with van der Waals surface area (Å²) in [5.74, 6) is 0.971. The Morgan fingerprint density at radius 1 is 1.45 bits per heavy atom. The van der Waals surface area contributed by atoms with Crippen LogP contribution in [0.5, 0.6) is 0 Å². The van der Waals surface area contributed by atoms with Crippen LogP contribution in [0, 0.1) is 6.92 Å². The van der Waals surface area contributed by atoms with Crippen molar-refractivity contribution in [3.8, 4) is 0 Å². The third-order valence-electron chi connectivity index (χ3n) is 3.71. The van der Waals surface area contributed by atoms with Crippen molar-refractivity contribution in [1.82, 2.24) is 15.1 Å². The molecule has 110 valence electrons. The van der Waals surface area contributed by atoms with Gasteiger partial charge in [0.15, 0.2) is 0 Å². The molecule has 0 spiro atoms. The molecule has 2 aromatic heterocycles. The average Bonchev–Trinajstić information content (AvgIpc) is 3.00. The van der Waals surface area contributed by atoms with Gasteiger partial charge in [0, 0.05) is 24.6 Å². The molecule has 1 unspecified atom stereocenters. The first-order valence-corrected chi connectivity index (χ1v) is 7.86. The van der Waals surface area contributed by atoms with Crippen LogP contribution in [-0.2, 0) is 19.4 Å². The van der Waals surface area contributed by atoms with Crippen LogP contribution in [0.2, 0.25) is 0 Å².